The number of hydrogen-bond donors (Lipinski definition) is 2. The second kappa shape index (κ2) is 8.96. The normalized spacial score (nSPS) is 17.0. The highest BCUT2D eigenvalue weighted by Crippen LogP contribution is 2.19. The van der Waals surface area contributed by atoms with Crippen molar-refractivity contribution in [1.29, 1.82) is 0 Å². The standard InChI is InChI=1S/C17H25FN2O3/c1-13-14(3-2-4-16(13)18)5-6-15(7-8-17(21)19-22)20-9-11-23-12-10-20/h2-4,15,22H,5-12H2,1H3,(H,19,21)/t15-/m1/s1. The minimum absolute atomic E-state index is 0.176. The van der Waals surface area contributed by atoms with Crippen molar-refractivity contribution < 1.29 is 19.1 Å². The van der Waals surface area contributed by atoms with Gasteiger partial charge in [0.05, 0.1) is 13.2 Å². The summed E-state index contributed by atoms with van der Waals surface area (Å²) in [6, 6.07) is 5.39. The van der Waals surface area contributed by atoms with Crippen molar-refractivity contribution in [3.8, 4) is 0 Å². The van der Waals surface area contributed by atoms with Crippen LogP contribution in [0.2, 0.25) is 0 Å². The quantitative estimate of drug-likeness (QED) is 0.595. The van der Waals surface area contributed by atoms with Gasteiger partial charge < -0.3 is 4.74 Å². The topological polar surface area (TPSA) is 61.8 Å². The van der Waals surface area contributed by atoms with E-state index in [-0.39, 0.29) is 24.2 Å². The minimum atomic E-state index is -0.370. The van der Waals surface area contributed by atoms with Crippen LogP contribution in [0.15, 0.2) is 18.2 Å². The summed E-state index contributed by atoms with van der Waals surface area (Å²) >= 11 is 0. The Morgan fingerprint density at radius 2 is 2.13 bits per heavy atom. The second-order valence-electron chi connectivity index (χ2n) is 5.94. The van der Waals surface area contributed by atoms with E-state index in [1.807, 2.05) is 6.07 Å². The van der Waals surface area contributed by atoms with Crippen LogP contribution in [0.1, 0.15) is 30.4 Å². The zero-order chi connectivity index (χ0) is 16.7. The molecule has 128 valence electrons. The minimum Gasteiger partial charge on any atom is -0.379 e. The molecule has 1 aliphatic heterocycles. The molecule has 0 unspecified atom stereocenters. The SMILES string of the molecule is Cc1c(F)cccc1CC[C@H](CCC(=O)NO)N1CCOCC1. The first-order chi connectivity index (χ1) is 11.1. The van der Waals surface area contributed by atoms with Crippen LogP contribution in [0.5, 0.6) is 0 Å². The number of ether oxygens (including phenoxy) is 1. The number of aryl methyl sites for hydroxylation is 1. The number of hydroxylamine groups is 1. The predicted molar refractivity (Wildman–Crippen MR) is 84.8 cm³/mol. The number of rotatable bonds is 7. The molecule has 1 aliphatic rings. The molecule has 0 saturated carbocycles. The van der Waals surface area contributed by atoms with Gasteiger partial charge >= 0.3 is 0 Å². The summed E-state index contributed by atoms with van der Waals surface area (Å²) in [6.07, 6.45) is 2.57. The first-order valence-electron chi connectivity index (χ1n) is 8.10. The molecule has 0 aromatic heterocycles. The maximum Gasteiger partial charge on any atom is 0.243 e. The monoisotopic (exact) mass is 324 g/mol. The van der Waals surface area contributed by atoms with Crippen LogP contribution >= 0.6 is 0 Å². The second-order valence-corrected chi connectivity index (χ2v) is 5.94. The van der Waals surface area contributed by atoms with E-state index in [1.165, 1.54) is 6.07 Å². The summed E-state index contributed by atoms with van der Waals surface area (Å²) in [5.41, 5.74) is 3.39. The van der Waals surface area contributed by atoms with Crippen LogP contribution in [0.25, 0.3) is 0 Å². The molecule has 2 N–H and O–H groups in total. The highest BCUT2D eigenvalue weighted by molar-refractivity contribution is 5.74. The number of nitrogens with zero attached hydrogens (tertiary/aromatic N) is 1. The van der Waals surface area contributed by atoms with Gasteiger partial charge in [-0.3, -0.25) is 14.9 Å². The fourth-order valence-electron chi connectivity index (χ4n) is 3.05. The molecule has 1 amide bonds. The predicted octanol–water partition coefficient (Wildman–Crippen LogP) is 2.05. The Balaban J connectivity index is 1.98. The highest BCUT2D eigenvalue weighted by Gasteiger charge is 2.22. The molecular formula is C17H25FN2O3. The Morgan fingerprint density at radius 3 is 2.83 bits per heavy atom. The number of hydrogen-bond acceptors (Lipinski definition) is 4. The van der Waals surface area contributed by atoms with Gasteiger partial charge in [-0.05, 0) is 43.4 Å². The molecule has 2 rings (SSSR count). The lowest BCUT2D eigenvalue weighted by molar-refractivity contribution is -0.129. The number of morpholine rings is 1. The molecule has 1 heterocycles. The number of carbonyl (C=O) groups is 1. The van der Waals surface area contributed by atoms with E-state index >= 15 is 0 Å². The van der Waals surface area contributed by atoms with Gasteiger partial charge in [-0.25, -0.2) is 9.87 Å². The molecule has 0 bridgehead atoms. The Bertz CT molecular complexity index is 519. The van der Waals surface area contributed by atoms with E-state index in [2.05, 4.69) is 4.90 Å². The fourth-order valence-corrected chi connectivity index (χ4v) is 3.05. The molecule has 6 heteroatoms. The Hall–Kier alpha value is -1.50. The molecule has 23 heavy (non-hydrogen) atoms. The van der Waals surface area contributed by atoms with Crippen molar-refractivity contribution in [1.82, 2.24) is 10.4 Å². The van der Waals surface area contributed by atoms with E-state index in [0.717, 1.165) is 31.5 Å². The lowest BCUT2D eigenvalue weighted by atomic mass is 9.97. The van der Waals surface area contributed by atoms with Crippen LogP contribution in [0, 0.1) is 12.7 Å². The Morgan fingerprint density at radius 1 is 1.39 bits per heavy atom. The Kier molecular flexibility index (Phi) is 6.95. The van der Waals surface area contributed by atoms with Gasteiger partial charge in [0, 0.05) is 25.6 Å². The van der Waals surface area contributed by atoms with Gasteiger partial charge in [-0.2, -0.15) is 0 Å². The van der Waals surface area contributed by atoms with Crippen LogP contribution in [0.4, 0.5) is 4.39 Å². The molecule has 0 aliphatic carbocycles. The summed E-state index contributed by atoms with van der Waals surface area (Å²) in [5.74, 6) is -0.546. The lowest BCUT2D eigenvalue weighted by Gasteiger charge is -2.34. The van der Waals surface area contributed by atoms with E-state index in [4.69, 9.17) is 9.94 Å². The van der Waals surface area contributed by atoms with E-state index < -0.39 is 0 Å². The third kappa shape index (κ3) is 5.27. The van der Waals surface area contributed by atoms with Gasteiger partial charge in [-0.1, -0.05) is 12.1 Å². The first-order valence-corrected chi connectivity index (χ1v) is 8.10. The average Bonchev–Trinajstić information content (AvgIpc) is 2.58. The summed E-state index contributed by atoms with van der Waals surface area (Å²) in [4.78, 5) is 13.6. The van der Waals surface area contributed by atoms with Gasteiger partial charge in [0.25, 0.3) is 0 Å². The van der Waals surface area contributed by atoms with Crippen molar-refractivity contribution in [2.75, 3.05) is 26.3 Å². The zero-order valence-corrected chi connectivity index (χ0v) is 13.6. The largest absolute Gasteiger partial charge is 0.379 e. The zero-order valence-electron chi connectivity index (χ0n) is 13.6. The van der Waals surface area contributed by atoms with Crippen LogP contribution in [0.3, 0.4) is 0 Å². The highest BCUT2D eigenvalue weighted by atomic mass is 19.1. The van der Waals surface area contributed by atoms with Crippen LogP contribution < -0.4 is 5.48 Å². The number of halogens is 1. The number of carbonyl (C=O) groups excluding carboxylic acids is 1. The van der Waals surface area contributed by atoms with E-state index in [9.17, 15) is 9.18 Å². The summed E-state index contributed by atoms with van der Waals surface area (Å²) in [6.45, 7) is 4.87. The van der Waals surface area contributed by atoms with Crippen molar-refractivity contribution in [3.63, 3.8) is 0 Å². The average molecular weight is 324 g/mol. The molecule has 1 saturated heterocycles. The lowest BCUT2D eigenvalue weighted by Crippen LogP contribution is -2.44. The number of benzene rings is 1. The maximum atomic E-state index is 13.7. The summed E-state index contributed by atoms with van der Waals surface area (Å²) in [5, 5.41) is 8.66. The van der Waals surface area contributed by atoms with E-state index in [0.29, 0.717) is 25.2 Å². The molecule has 1 atom stereocenters. The van der Waals surface area contributed by atoms with E-state index in [1.54, 1.807) is 18.5 Å². The molecule has 1 aromatic carbocycles. The first kappa shape index (κ1) is 17.8. The van der Waals surface area contributed by atoms with Crippen molar-refractivity contribution >= 4 is 5.91 Å². The van der Waals surface area contributed by atoms with Crippen molar-refractivity contribution in [2.24, 2.45) is 0 Å². The number of amides is 1. The van der Waals surface area contributed by atoms with Crippen molar-refractivity contribution in [3.05, 3.63) is 35.1 Å². The molecular weight excluding hydrogens is 299 g/mol. The van der Waals surface area contributed by atoms with Gasteiger partial charge in [-0.15, -0.1) is 0 Å². The van der Waals surface area contributed by atoms with Crippen LogP contribution in [-0.4, -0.2) is 48.4 Å². The van der Waals surface area contributed by atoms with Crippen molar-refractivity contribution in [2.45, 2.75) is 38.6 Å². The van der Waals surface area contributed by atoms with Gasteiger partial charge in [0.2, 0.25) is 5.91 Å². The molecule has 5 nitrogen and oxygen atoms in total. The molecule has 0 spiro atoms. The molecule has 1 aromatic rings. The van der Waals surface area contributed by atoms with Gasteiger partial charge in [0.1, 0.15) is 5.82 Å². The Labute approximate surface area is 136 Å². The summed E-state index contributed by atoms with van der Waals surface area (Å²) in [7, 11) is 0. The van der Waals surface area contributed by atoms with Gasteiger partial charge in [0.15, 0.2) is 0 Å². The third-order valence-corrected chi connectivity index (χ3v) is 4.52. The third-order valence-electron chi connectivity index (χ3n) is 4.52. The fraction of sp³-hybridized carbons (Fsp3) is 0.588. The smallest absolute Gasteiger partial charge is 0.243 e. The molecule has 0 radical (unpaired) electrons. The van der Waals surface area contributed by atoms with Crippen LogP contribution in [-0.2, 0) is 16.0 Å². The number of nitrogens with one attached hydrogen (secondary N) is 1. The molecule has 1 fully saturated rings. The maximum absolute atomic E-state index is 13.7. The summed E-state index contributed by atoms with van der Waals surface area (Å²) < 4.78 is 19.0.